The van der Waals surface area contributed by atoms with Gasteiger partial charge < -0.3 is 9.64 Å². The van der Waals surface area contributed by atoms with Gasteiger partial charge in [0.25, 0.3) is 5.91 Å². The van der Waals surface area contributed by atoms with Crippen molar-refractivity contribution in [2.75, 3.05) is 20.2 Å². The van der Waals surface area contributed by atoms with Crippen LogP contribution in [0.25, 0.3) is 0 Å². The summed E-state index contributed by atoms with van der Waals surface area (Å²) in [6, 6.07) is 9.54. The summed E-state index contributed by atoms with van der Waals surface area (Å²) in [5.41, 5.74) is 0. The van der Waals surface area contributed by atoms with E-state index in [0.29, 0.717) is 19.1 Å². The van der Waals surface area contributed by atoms with E-state index in [1.807, 2.05) is 30.3 Å². The minimum Gasteiger partial charge on any atom is -0.492 e. The van der Waals surface area contributed by atoms with Crippen LogP contribution >= 0.6 is 0 Å². The Kier molecular flexibility index (Phi) is 3.85. The molecule has 21 heavy (non-hydrogen) atoms. The van der Waals surface area contributed by atoms with Crippen LogP contribution in [0.15, 0.2) is 30.3 Å². The number of carbonyl (C=O) groups excluding carboxylic acids is 1. The largest absolute Gasteiger partial charge is 0.492 e. The van der Waals surface area contributed by atoms with Crippen molar-refractivity contribution in [2.24, 2.45) is 0 Å². The van der Waals surface area contributed by atoms with Crippen molar-refractivity contribution >= 4 is 5.91 Å². The third-order valence-corrected chi connectivity index (χ3v) is 3.44. The SMILES string of the molecule is CN(CCOc1ccccc1)C(=O)c1n[nH]c(C2CC2)n1. The van der Waals surface area contributed by atoms with Crippen LogP contribution in [-0.4, -0.2) is 46.2 Å². The van der Waals surface area contributed by atoms with Gasteiger partial charge in [-0.2, -0.15) is 0 Å². The van der Waals surface area contributed by atoms with Crippen molar-refractivity contribution < 1.29 is 9.53 Å². The predicted molar refractivity (Wildman–Crippen MR) is 77.3 cm³/mol. The molecule has 1 aromatic heterocycles. The second kappa shape index (κ2) is 5.95. The molecule has 1 saturated carbocycles. The van der Waals surface area contributed by atoms with Gasteiger partial charge in [0, 0.05) is 13.0 Å². The fraction of sp³-hybridized carbons (Fsp3) is 0.400. The van der Waals surface area contributed by atoms with E-state index in [1.54, 1.807) is 11.9 Å². The second-order valence-electron chi connectivity index (χ2n) is 5.21. The maximum absolute atomic E-state index is 12.2. The maximum Gasteiger partial charge on any atom is 0.293 e. The van der Waals surface area contributed by atoms with Crippen LogP contribution in [0.2, 0.25) is 0 Å². The highest BCUT2D eigenvalue weighted by atomic mass is 16.5. The highest BCUT2D eigenvalue weighted by molar-refractivity contribution is 5.90. The van der Waals surface area contributed by atoms with Crippen LogP contribution in [0.3, 0.4) is 0 Å². The third-order valence-electron chi connectivity index (χ3n) is 3.44. The van der Waals surface area contributed by atoms with E-state index in [1.165, 1.54) is 0 Å². The lowest BCUT2D eigenvalue weighted by Crippen LogP contribution is -2.31. The van der Waals surface area contributed by atoms with Crippen LogP contribution < -0.4 is 4.74 Å². The Labute approximate surface area is 123 Å². The van der Waals surface area contributed by atoms with Gasteiger partial charge in [0.05, 0.1) is 6.54 Å². The van der Waals surface area contributed by atoms with E-state index < -0.39 is 0 Å². The molecule has 0 saturated heterocycles. The number of para-hydroxylation sites is 1. The van der Waals surface area contributed by atoms with E-state index in [-0.39, 0.29) is 11.7 Å². The summed E-state index contributed by atoms with van der Waals surface area (Å²) >= 11 is 0. The Morgan fingerprint density at radius 3 is 2.86 bits per heavy atom. The molecule has 0 bridgehead atoms. The zero-order valence-corrected chi connectivity index (χ0v) is 12.0. The van der Waals surface area contributed by atoms with Gasteiger partial charge in [-0.15, -0.1) is 5.10 Å². The Morgan fingerprint density at radius 2 is 2.14 bits per heavy atom. The number of hydrogen-bond donors (Lipinski definition) is 1. The Balaban J connectivity index is 1.49. The van der Waals surface area contributed by atoms with E-state index in [0.717, 1.165) is 24.4 Å². The first kappa shape index (κ1) is 13.6. The first-order valence-corrected chi connectivity index (χ1v) is 7.09. The van der Waals surface area contributed by atoms with Gasteiger partial charge in [-0.3, -0.25) is 9.89 Å². The molecule has 0 atom stereocenters. The number of rotatable bonds is 6. The van der Waals surface area contributed by atoms with Crippen LogP contribution in [-0.2, 0) is 0 Å². The fourth-order valence-electron chi connectivity index (χ4n) is 2.00. The van der Waals surface area contributed by atoms with Gasteiger partial charge in [-0.25, -0.2) is 4.98 Å². The molecule has 1 aromatic carbocycles. The monoisotopic (exact) mass is 286 g/mol. The summed E-state index contributed by atoms with van der Waals surface area (Å²) in [5.74, 6) is 2.14. The molecule has 0 unspecified atom stereocenters. The molecular formula is C15H18N4O2. The lowest BCUT2D eigenvalue weighted by molar-refractivity contribution is 0.0762. The van der Waals surface area contributed by atoms with Crippen LogP contribution in [0.4, 0.5) is 0 Å². The molecule has 0 aliphatic heterocycles. The minimum absolute atomic E-state index is 0.185. The van der Waals surface area contributed by atoms with Crippen molar-refractivity contribution in [3.63, 3.8) is 0 Å². The van der Waals surface area contributed by atoms with Crippen molar-refractivity contribution in [3.05, 3.63) is 42.0 Å². The van der Waals surface area contributed by atoms with E-state index in [4.69, 9.17) is 4.74 Å². The van der Waals surface area contributed by atoms with Crippen molar-refractivity contribution in [3.8, 4) is 5.75 Å². The first-order valence-electron chi connectivity index (χ1n) is 7.09. The zero-order chi connectivity index (χ0) is 14.7. The molecule has 1 fully saturated rings. The molecule has 6 heteroatoms. The van der Waals surface area contributed by atoms with Crippen LogP contribution in [0.5, 0.6) is 5.75 Å². The highest BCUT2D eigenvalue weighted by Crippen LogP contribution is 2.37. The number of ether oxygens (including phenoxy) is 1. The van der Waals surface area contributed by atoms with Gasteiger partial charge in [-0.1, -0.05) is 18.2 Å². The maximum atomic E-state index is 12.2. The number of H-pyrrole nitrogens is 1. The summed E-state index contributed by atoms with van der Waals surface area (Å²) in [7, 11) is 1.73. The summed E-state index contributed by atoms with van der Waals surface area (Å²) in [6.07, 6.45) is 2.26. The summed E-state index contributed by atoms with van der Waals surface area (Å²) < 4.78 is 5.57. The number of amides is 1. The molecule has 2 aromatic rings. The molecule has 0 radical (unpaired) electrons. The smallest absolute Gasteiger partial charge is 0.293 e. The molecule has 1 aliphatic rings. The van der Waals surface area contributed by atoms with Crippen molar-refractivity contribution in [1.29, 1.82) is 0 Å². The average molecular weight is 286 g/mol. The number of nitrogens with zero attached hydrogens (tertiary/aromatic N) is 3. The second-order valence-corrected chi connectivity index (χ2v) is 5.21. The molecule has 1 N–H and O–H groups in total. The summed E-state index contributed by atoms with van der Waals surface area (Å²) in [6.45, 7) is 0.924. The first-order chi connectivity index (χ1) is 10.2. The van der Waals surface area contributed by atoms with E-state index in [2.05, 4.69) is 15.2 Å². The lowest BCUT2D eigenvalue weighted by Gasteiger charge is -2.15. The number of nitrogens with one attached hydrogen (secondary N) is 1. The number of hydrogen-bond acceptors (Lipinski definition) is 4. The number of aromatic nitrogens is 3. The molecule has 6 nitrogen and oxygen atoms in total. The van der Waals surface area contributed by atoms with Crippen molar-refractivity contribution in [2.45, 2.75) is 18.8 Å². The molecule has 0 spiro atoms. The normalized spacial score (nSPS) is 14.0. The van der Waals surface area contributed by atoms with Crippen molar-refractivity contribution in [1.82, 2.24) is 20.1 Å². The molecule has 1 heterocycles. The molecule has 110 valence electrons. The number of carbonyl (C=O) groups is 1. The highest BCUT2D eigenvalue weighted by Gasteiger charge is 2.28. The third kappa shape index (κ3) is 3.39. The van der Waals surface area contributed by atoms with Crippen LogP contribution in [0.1, 0.15) is 35.2 Å². The number of benzene rings is 1. The Bertz CT molecular complexity index is 607. The Morgan fingerprint density at radius 1 is 1.38 bits per heavy atom. The lowest BCUT2D eigenvalue weighted by atomic mass is 10.3. The predicted octanol–water partition coefficient (Wildman–Crippen LogP) is 1.83. The topological polar surface area (TPSA) is 71.1 Å². The van der Waals surface area contributed by atoms with Gasteiger partial charge in [0.2, 0.25) is 5.82 Å². The number of likely N-dealkylation sites (N-methyl/N-ethyl adjacent to an activating group) is 1. The summed E-state index contributed by atoms with van der Waals surface area (Å²) in [4.78, 5) is 18.0. The zero-order valence-electron chi connectivity index (χ0n) is 12.0. The fourth-order valence-corrected chi connectivity index (χ4v) is 2.00. The summed E-state index contributed by atoms with van der Waals surface area (Å²) in [5, 5.41) is 6.84. The van der Waals surface area contributed by atoms with Gasteiger partial charge >= 0.3 is 0 Å². The Hall–Kier alpha value is -2.37. The van der Waals surface area contributed by atoms with Gasteiger partial charge in [-0.05, 0) is 25.0 Å². The molecule has 1 aliphatic carbocycles. The standard InChI is InChI=1S/C15H18N4O2/c1-19(9-10-21-12-5-3-2-4-6-12)15(20)14-16-13(17-18-14)11-7-8-11/h2-6,11H,7-10H2,1H3,(H,16,17,18). The van der Waals surface area contributed by atoms with Gasteiger partial charge in [0.15, 0.2) is 0 Å². The van der Waals surface area contributed by atoms with E-state index in [9.17, 15) is 4.79 Å². The molecule has 3 rings (SSSR count). The quantitative estimate of drug-likeness (QED) is 0.879. The molecule has 1 amide bonds. The number of aromatic amines is 1. The molecular weight excluding hydrogens is 268 g/mol. The average Bonchev–Trinajstić information content (AvgIpc) is 3.25. The minimum atomic E-state index is -0.185. The van der Waals surface area contributed by atoms with Gasteiger partial charge in [0.1, 0.15) is 18.2 Å². The van der Waals surface area contributed by atoms with Crippen LogP contribution in [0, 0.1) is 0 Å². The van der Waals surface area contributed by atoms with E-state index >= 15 is 0 Å².